The highest BCUT2D eigenvalue weighted by Crippen LogP contribution is 2.24. The van der Waals surface area contributed by atoms with E-state index in [1.54, 1.807) is 0 Å². The number of carbonyl (C=O) groups is 1. The molecule has 0 aliphatic carbocycles. The number of carboxylic acids is 1. The Hall–Kier alpha value is -0.610. The second-order valence-corrected chi connectivity index (χ2v) is 3.62. The van der Waals surface area contributed by atoms with Crippen molar-refractivity contribution in [1.82, 2.24) is 5.32 Å². The zero-order valence-electron chi connectivity index (χ0n) is 7.30. The zero-order chi connectivity index (χ0) is 9.03. The van der Waals surface area contributed by atoms with Crippen LogP contribution in [0, 0.1) is 5.41 Å². The summed E-state index contributed by atoms with van der Waals surface area (Å²) in [5.41, 5.74) is 0.235. The summed E-state index contributed by atoms with van der Waals surface area (Å²) in [6, 6.07) is 0. The van der Waals surface area contributed by atoms with Crippen LogP contribution in [0.25, 0.3) is 0 Å². The lowest BCUT2D eigenvalue weighted by atomic mass is 9.89. The quantitative estimate of drug-likeness (QED) is 0.578. The molecule has 4 nitrogen and oxygen atoms in total. The van der Waals surface area contributed by atoms with Crippen molar-refractivity contribution < 1.29 is 14.6 Å². The van der Waals surface area contributed by atoms with E-state index in [0.717, 1.165) is 19.8 Å². The van der Waals surface area contributed by atoms with Crippen molar-refractivity contribution in [3.63, 3.8) is 0 Å². The number of rotatable bonds is 5. The van der Waals surface area contributed by atoms with Crippen LogP contribution in [0.3, 0.4) is 0 Å². The van der Waals surface area contributed by atoms with Crippen molar-refractivity contribution in [2.24, 2.45) is 5.41 Å². The van der Waals surface area contributed by atoms with Crippen molar-refractivity contribution in [2.45, 2.75) is 13.3 Å². The van der Waals surface area contributed by atoms with Crippen molar-refractivity contribution in [3.8, 4) is 0 Å². The summed E-state index contributed by atoms with van der Waals surface area (Å²) in [5.74, 6) is -0.752. The van der Waals surface area contributed by atoms with Gasteiger partial charge in [0.2, 0.25) is 0 Å². The van der Waals surface area contributed by atoms with E-state index in [-0.39, 0.29) is 11.8 Å². The molecule has 0 aromatic heterocycles. The van der Waals surface area contributed by atoms with Gasteiger partial charge < -0.3 is 15.2 Å². The number of ether oxygens (including phenoxy) is 1. The van der Waals surface area contributed by atoms with Crippen LogP contribution in [0.2, 0.25) is 0 Å². The molecule has 0 aromatic carbocycles. The van der Waals surface area contributed by atoms with Gasteiger partial charge in [-0.15, -0.1) is 0 Å². The largest absolute Gasteiger partial charge is 0.481 e. The Morgan fingerprint density at radius 3 is 2.75 bits per heavy atom. The number of carboxylic acid groups (broad SMARTS) is 1. The Balaban J connectivity index is 1.98. The van der Waals surface area contributed by atoms with Gasteiger partial charge in [-0.05, 0) is 0 Å². The second kappa shape index (κ2) is 3.87. The normalized spacial score (nSPS) is 20.1. The molecule has 12 heavy (non-hydrogen) atoms. The lowest BCUT2D eigenvalue weighted by Gasteiger charge is -2.38. The standard InChI is InChI=1S/C8H15NO3/c1-8(5-12-6-8)4-9-3-2-7(10)11/h9H,2-6H2,1H3,(H,10,11). The minimum atomic E-state index is -0.752. The highest BCUT2D eigenvalue weighted by Gasteiger charge is 2.32. The van der Waals surface area contributed by atoms with Crippen LogP contribution in [0.5, 0.6) is 0 Å². The molecule has 0 radical (unpaired) electrons. The van der Waals surface area contributed by atoms with E-state index in [9.17, 15) is 4.79 Å². The van der Waals surface area contributed by atoms with Crippen LogP contribution in [-0.2, 0) is 9.53 Å². The van der Waals surface area contributed by atoms with Crippen molar-refractivity contribution in [3.05, 3.63) is 0 Å². The van der Waals surface area contributed by atoms with E-state index in [4.69, 9.17) is 9.84 Å². The average molecular weight is 173 g/mol. The van der Waals surface area contributed by atoms with E-state index < -0.39 is 5.97 Å². The summed E-state index contributed by atoms with van der Waals surface area (Å²) in [4.78, 5) is 10.1. The lowest BCUT2D eigenvalue weighted by Crippen LogP contribution is -2.47. The fraction of sp³-hybridized carbons (Fsp3) is 0.875. The van der Waals surface area contributed by atoms with Gasteiger partial charge in [0.05, 0.1) is 19.6 Å². The molecule has 0 atom stereocenters. The van der Waals surface area contributed by atoms with Gasteiger partial charge in [0.15, 0.2) is 0 Å². The molecule has 1 aliphatic heterocycles. The maximum absolute atomic E-state index is 10.1. The van der Waals surface area contributed by atoms with E-state index in [2.05, 4.69) is 12.2 Å². The first-order valence-corrected chi connectivity index (χ1v) is 4.13. The molecule has 1 fully saturated rings. The van der Waals surface area contributed by atoms with Gasteiger partial charge in [0, 0.05) is 18.5 Å². The molecule has 0 aromatic rings. The number of hydrogen-bond acceptors (Lipinski definition) is 3. The summed E-state index contributed by atoms with van der Waals surface area (Å²) in [5, 5.41) is 11.4. The number of aliphatic carboxylic acids is 1. The fourth-order valence-corrected chi connectivity index (χ4v) is 1.14. The molecular formula is C8H15NO3. The third kappa shape index (κ3) is 2.79. The molecule has 0 unspecified atom stereocenters. The van der Waals surface area contributed by atoms with Crippen LogP contribution in [0.15, 0.2) is 0 Å². The molecule has 70 valence electrons. The summed E-state index contributed by atoms with van der Waals surface area (Å²) < 4.78 is 5.06. The summed E-state index contributed by atoms with van der Waals surface area (Å²) >= 11 is 0. The zero-order valence-corrected chi connectivity index (χ0v) is 7.30. The Morgan fingerprint density at radius 2 is 2.33 bits per heavy atom. The molecule has 1 rings (SSSR count). The van der Waals surface area contributed by atoms with Gasteiger partial charge in [-0.25, -0.2) is 0 Å². The van der Waals surface area contributed by atoms with Crippen LogP contribution in [0.4, 0.5) is 0 Å². The van der Waals surface area contributed by atoms with Crippen molar-refractivity contribution in [2.75, 3.05) is 26.3 Å². The van der Waals surface area contributed by atoms with E-state index in [1.807, 2.05) is 0 Å². The predicted molar refractivity (Wildman–Crippen MR) is 44.0 cm³/mol. The Morgan fingerprint density at radius 1 is 1.67 bits per heavy atom. The van der Waals surface area contributed by atoms with Gasteiger partial charge in [0.25, 0.3) is 0 Å². The van der Waals surface area contributed by atoms with Gasteiger partial charge in [-0.3, -0.25) is 4.79 Å². The first-order chi connectivity index (χ1) is 5.62. The third-order valence-electron chi connectivity index (χ3n) is 1.97. The molecule has 1 aliphatic rings. The molecule has 1 heterocycles. The van der Waals surface area contributed by atoms with E-state index >= 15 is 0 Å². The van der Waals surface area contributed by atoms with E-state index in [1.165, 1.54) is 0 Å². The average Bonchev–Trinajstić information content (AvgIpc) is 1.94. The molecule has 0 saturated carbocycles. The van der Waals surface area contributed by atoms with Crippen LogP contribution in [0.1, 0.15) is 13.3 Å². The Labute approximate surface area is 71.9 Å². The first-order valence-electron chi connectivity index (χ1n) is 4.13. The third-order valence-corrected chi connectivity index (χ3v) is 1.97. The van der Waals surface area contributed by atoms with Crippen LogP contribution >= 0.6 is 0 Å². The van der Waals surface area contributed by atoms with Gasteiger partial charge in [-0.2, -0.15) is 0 Å². The van der Waals surface area contributed by atoms with Crippen LogP contribution < -0.4 is 5.32 Å². The molecule has 0 amide bonds. The number of hydrogen-bond donors (Lipinski definition) is 2. The van der Waals surface area contributed by atoms with E-state index in [0.29, 0.717) is 6.54 Å². The maximum Gasteiger partial charge on any atom is 0.304 e. The summed E-state index contributed by atoms with van der Waals surface area (Å²) in [6.07, 6.45) is 0.191. The Bertz CT molecular complexity index is 166. The molecule has 1 saturated heterocycles. The fourth-order valence-electron chi connectivity index (χ4n) is 1.14. The smallest absolute Gasteiger partial charge is 0.304 e. The van der Waals surface area contributed by atoms with Gasteiger partial charge >= 0.3 is 5.97 Å². The molecular weight excluding hydrogens is 158 g/mol. The lowest BCUT2D eigenvalue weighted by molar-refractivity contribution is -0.137. The minimum Gasteiger partial charge on any atom is -0.481 e. The highest BCUT2D eigenvalue weighted by molar-refractivity contribution is 5.66. The SMILES string of the molecule is CC1(CNCCC(=O)O)COC1. The predicted octanol–water partition coefficient (Wildman–Crippen LogP) is 0.0872. The van der Waals surface area contributed by atoms with Gasteiger partial charge in [0.1, 0.15) is 0 Å². The molecule has 0 bridgehead atoms. The Kier molecular flexibility index (Phi) is 3.05. The monoisotopic (exact) mass is 173 g/mol. The summed E-state index contributed by atoms with van der Waals surface area (Å²) in [6.45, 7) is 5.09. The maximum atomic E-state index is 10.1. The number of nitrogens with one attached hydrogen (secondary N) is 1. The second-order valence-electron chi connectivity index (χ2n) is 3.62. The molecule has 0 spiro atoms. The van der Waals surface area contributed by atoms with Crippen molar-refractivity contribution >= 4 is 5.97 Å². The summed E-state index contributed by atoms with van der Waals surface area (Å²) in [7, 11) is 0. The highest BCUT2D eigenvalue weighted by atomic mass is 16.5. The van der Waals surface area contributed by atoms with Crippen molar-refractivity contribution in [1.29, 1.82) is 0 Å². The topological polar surface area (TPSA) is 58.6 Å². The molecule has 2 N–H and O–H groups in total. The van der Waals surface area contributed by atoms with Gasteiger partial charge in [-0.1, -0.05) is 6.92 Å². The molecule has 4 heteroatoms. The van der Waals surface area contributed by atoms with Crippen LogP contribution in [-0.4, -0.2) is 37.4 Å². The minimum absolute atomic E-state index is 0.191. The first kappa shape index (κ1) is 9.48.